The van der Waals surface area contributed by atoms with Gasteiger partial charge in [-0.3, -0.25) is 0 Å². The van der Waals surface area contributed by atoms with Gasteiger partial charge in [0, 0.05) is 10.8 Å². The predicted molar refractivity (Wildman–Crippen MR) is 60.3 cm³/mol. The van der Waals surface area contributed by atoms with Crippen molar-refractivity contribution < 1.29 is 9.47 Å². The number of rotatable bonds is 2. The first-order valence-electron chi connectivity index (χ1n) is 4.15. The summed E-state index contributed by atoms with van der Waals surface area (Å²) in [7, 11) is 8.96. The summed E-state index contributed by atoms with van der Waals surface area (Å²) in [6.45, 7) is 0. The van der Waals surface area contributed by atoms with E-state index in [-0.39, 0.29) is 0 Å². The summed E-state index contributed by atoms with van der Waals surface area (Å²) in [4.78, 5) is 0. The number of methoxy groups -OCH3 is 2. The zero-order chi connectivity index (χ0) is 10.1. The van der Waals surface area contributed by atoms with E-state index in [1.165, 1.54) is 0 Å². The van der Waals surface area contributed by atoms with E-state index in [2.05, 4.69) is 0 Å². The maximum absolute atomic E-state index is 5.71. The average molecular weight is 204 g/mol. The Balaban J connectivity index is 2.68. The standard InChI is InChI=1S/C10H9BO2S/c1-12-7-3-6-4-10(11)14-9(6)5-8(7)13-2/h3-5H,1-2H3. The van der Waals surface area contributed by atoms with E-state index in [1.54, 1.807) is 25.6 Å². The molecule has 0 saturated carbocycles. The van der Waals surface area contributed by atoms with E-state index < -0.39 is 0 Å². The molecule has 70 valence electrons. The summed E-state index contributed by atoms with van der Waals surface area (Å²) in [5.41, 5.74) is 0. The van der Waals surface area contributed by atoms with E-state index in [0.717, 1.165) is 26.4 Å². The molecular weight excluding hydrogens is 195 g/mol. The SMILES string of the molecule is [B]c1cc2cc(OC)c(OC)cc2s1. The van der Waals surface area contributed by atoms with Crippen molar-refractivity contribution >= 4 is 34.0 Å². The van der Waals surface area contributed by atoms with Crippen LogP contribution in [0.5, 0.6) is 11.5 Å². The van der Waals surface area contributed by atoms with Crippen molar-refractivity contribution in [2.24, 2.45) is 0 Å². The maximum Gasteiger partial charge on any atom is 0.162 e. The van der Waals surface area contributed by atoms with Crippen molar-refractivity contribution in [3.8, 4) is 11.5 Å². The van der Waals surface area contributed by atoms with Crippen molar-refractivity contribution in [2.75, 3.05) is 14.2 Å². The van der Waals surface area contributed by atoms with Crippen molar-refractivity contribution in [1.82, 2.24) is 0 Å². The minimum atomic E-state index is 0.734. The summed E-state index contributed by atoms with van der Waals surface area (Å²) in [6.07, 6.45) is 0. The number of hydrogen-bond donors (Lipinski definition) is 0. The third-order valence-corrected chi connectivity index (χ3v) is 2.97. The van der Waals surface area contributed by atoms with E-state index >= 15 is 0 Å². The summed E-state index contributed by atoms with van der Waals surface area (Å²) in [6, 6.07) is 5.80. The molecule has 2 radical (unpaired) electrons. The van der Waals surface area contributed by atoms with Gasteiger partial charge in [-0.25, -0.2) is 0 Å². The van der Waals surface area contributed by atoms with Crippen LogP contribution in [-0.2, 0) is 0 Å². The number of thiophene rings is 1. The molecular formula is C10H9BO2S. The molecule has 0 unspecified atom stereocenters. The van der Waals surface area contributed by atoms with Crippen LogP contribution in [0.25, 0.3) is 10.1 Å². The monoisotopic (exact) mass is 204 g/mol. The zero-order valence-corrected chi connectivity index (χ0v) is 8.85. The second-order valence-corrected chi connectivity index (χ2v) is 4.01. The van der Waals surface area contributed by atoms with Gasteiger partial charge in [-0.1, -0.05) is 6.07 Å². The minimum Gasteiger partial charge on any atom is -0.493 e. The van der Waals surface area contributed by atoms with Gasteiger partial charge in [0.25, 0.3) is 0 Å². The smallest absolute Gasteiger partial charge is 0.162 e. The fraction of sp³-hybridized carbons (Fsp3) is 0.200. The quantitative estimate of drug-likeness (QED) is 0.693. The first kappa shape index (κ1) is 9.40. The van der Waals surface area contributed by atoms with Gasteiger partial charge in [0.15, 0.2) is 11.5 Å². The Hall–Kier alpha value is -1.16. The van der Waals surface area contributed by atoms with Crippen LogP contribution < -0.4 is 14.3 Å². The zero-order valence-electron chi connectivity index (χ0n) is 8.03. The van der Waals surface area contributed by atoms with Gasteiger partial charge in [0.2, 0.25) is 0 Å². The second-order valence-electron chi connectivity index (χ2n) is 2.89. The number of hydrogen-bond acceptors (Lipinski definition) is 3. The molecule has 2 aromatic rings. The Morgan fingerprint density at radius 1 is 1.07 bits per heavy atom. The Kier molecular flexibility index (Phi) is 2.38. The molecule has 2 rings (SSSR count). The summed E-state index contributed by atoms with van der Waals surface area (Å²) < 4.78 is 12.3. The third-order valence-electron chi connectivity index (χ3n) is 2.04. The van der Waals surface area contributed by atoms with E-state index in [4.69, 9.17) is 17.3 Å². The topological polar surface area (TPSA) is 18.5 Å². The Morgan fingerprint density at radius 2 is 1.71 bits per heavy atom. The molecule has 0 aliphatic carbocycles. The fourth-order valence-corrected chi connectivity index (χ4v) is 2.23. The molecule has 4 heteroatoms. The van der Waals surface area contributed by atoms with Crippen molar-refractivity contribution in [1.29, 1.82) is 0 Å². The normalized spacial score (nSPS) is 10.4. The van der Waals surface area contributed by atoms with Gasteiger partial charge in [-0.15, -0.1) is 0 Å². The molecule has 14 heavy (non-hydrogen) atoms. The van der Waals surface area contributed by atoms with Crippen LogP contribution in [0.1, 0.15) is 0 Å². The molecule has 0 amide bonds. The lowest BCUT2D eigenvalue weighted by atomic mass is 10.1. The molecule has 0 atom stereocenters. The molecule has 0 bridgehead atoms. The van der Waals surface area contributed by atoms with Crippen LogP contribution in [0.4, 0.5) is 0 Å². The van der Waals surface area contributed by atoms with Crippen LogP contribution >= 0.6 is 11.3 Å². The lowest BCUT2D eigenvalue weighted by Gasteiger charge is -2.06. The van der Waals surface area contributed by atoms with Gasteiger partial charge in [0.05, 0.1) is 14.2 Å². The Bertz CT molecular complexity index is 423. The first-order valence-corrected chi connectivity index (χ1v) is 4.97. The number of ether oxygens (including phenoxy) is 2. The average Bonchev–Trinajstić information content (AvgIpc) is 2.54. The Labute approximate surface area is 87.9 Å². The van der Waals surface area contributed by atoms with Gasteiger partial charge in [0.1, 0.15) is 7.85 Å². The molecule has 2 nitrogen and oxygen atoms in total. The largest absolute Gasteiger partial charge is 0.493 e. The highest BCUT2D eigenvalue weighted by Crippen LogP contribution is 2.33. The van der Waals surface area contributed by atoms with Crippen LogP contribution in [0.2, 0.25) is 0 Å². The number of fused-ring (bicyclic) bond motifs is 1. The fourth-order valence-electron chi connectivity index (χ4n) is 1.39. The molecule has 0 spiro atoms. The van der Waals surface area contributed by atoms with E-state index in [9.17, 15) is 0 Å². The molecule has 1 aromatic heterocycles. The van der Waals surface area contributed by atoms with Gasteiger partial charge in [-0.05, 0) is 16.2 Å². The second kappa shape index (κ2) is 3.54. The molecule has 1 aromatic carbocycles. The van der Waals surface area contributed by atoms with Crippen LogP contribution in [0, 0.1) is 0 Å². The van der Waals surface area contributed by atoms with Crippen LogP contribution in [0.3, 0.4) is 0 Å². The van der Waals surface area contributed by atoms with Gasteiger partial charge in [-0.2, -0.15) is 11.3 Å². The lowest BCUT2D eigenvalue weighted by molar-refractivity contribution is 0.356. The van der Waals surface area contributed by atoms with Crippen molar-refractivity contribution in [2.45, 2.75) is 0 Å². The minimum absolute atomic E-state index is 0.734. The summed E-state index contributed by atoms with van der Waals surface area (Å²) >= 11 is 1.54. The molecule has 0 aliphatic rings. The highest BCUT2D eigenvalue weighted by Gasteiger charge is 2.07. The van der Waals surface area contributed by atoms with Gasteiger partial charge >= 0.3 is 0 Å². The molecule has 0 aliphatic heterocycles. The number of benzene rings is 1. The van der Waals surface area contributed by atoms with E-state index in [0.29, 0.717) is 0 Å². The van der Waals surface area contributed by atoms with Crippen LogP contribution in [0.15, 0.2) is 18.2 Å². The molecule has 0 N–H and O–H groups in total. The summed E-state index contributed by atoms with van der Waals surface area (Å²) in [5.74, 6) is 1.47. The lowest BCUT2D eigenvalue weighted by Crippen LogP contribution is -1.89. The molecule has 0 fully saturated rings. The molecule has 0 saturated heterocycles. The maximum atomic E-state index is 5.71. The van der Waals surface area contributed by atoms with Gasteiger partial charge < -0.3 is 9.47 Å². The Morgan fingerprint density at radius 3 is 2.36 bits per heavy atom. The predicted octanol–water partition coefficient (Wildman–Crippen LogP) is 1.71. The first-order chi connectivity index (χ1) is 6.74. The molecule has 1 heterocycles. The van der Waals surface area contributed by atoms with Crippen molar-refractivity contribution in [3.05, 3.63) is 18.2 Å². The summed E-state index contributed by atoms with van der Waals surface area (Å²) in [5, 5.41) is 1.09. The highest BCUT2D eigenvalue weighted by atomic mass is 32.1. The van der Waals surface area contributed by atoms with Crippen LogP contribution in [-0.4, -0.2) is 22.1 Å². The third kappa shape index (κ3) is 1.46. The van der Waals surface area contributed by atoms with Crippen molar-refractivity contribution in [3.63, 3.8) is 0 Å². The van der Waals surface area contributed by atoms with E-state index in [1.807, 2.05) is 18.2 Å². The highest BCUT2D eigenvalue weighted by molar-refractivity contribution is 7.26.